The van der Waals surface area contributed by atoms with E-state index in [0.29, 0.717) is 17.1 Å². The summed E-state index contributed by atoms with van der Waals surface area (Å²) in [6.45, 7) is 5.64. The van der Waals surface area contributed by atoms with Gasteiger partial charge in [0.25, 0.3) is 11.8 Å². The average Bonchev–Trinajstić information content (AvgIpc) is 2.82. The van der Waals surface area contributed by atoms with Crippen molar-refractivity contribution >= 4 is 39.9 Å². The largest absolute Gasteiger partial charge is 0.491 e. The van der Waals surface area contributed by atoms with Gasteiger partial charge in [0.1, 0.15) is 11.5 Å². The van der Waals surface area contributed by atoms with Crippen molar-refractivity contribution in [2.75, 3.05) is 0 Å². The second kappa shape index (κ2) is 11.3. The summed E-state index contributed by atoms with van der Waals surface area (Å²) in [4.78, 5) is 24.7. The van der Waals surface area contributed by atoms with Crippen LogP contribution in [0.5, 0.6) is 11.5 Å². The smallest absolute Gasteiger partial charge is 0.279 e. The number of carbonyl (C=O) groups is 2. The molecule has 0 aliphatic heterocycles. The van der Waals surface area contributed by atoms with Gasteiger partial charge in [0, 0.05) is 5.56 Å². The van der Waals surface area contributed by atoms with Crippen LogP contribution >= 0.6 is 12.2 Å². The van der Waals surface area contributed by atoms with Crippen LogP contribution < -0.4 is 25.6 Å². The van der Waals surface area contributed by atoms with Crippen molar-refractivity contribution in [1.29, 1.82) is 0 Å². The van der Waals surface area contributed by atoms with Crippen molar-refractivity contribution in [2.45, 2.75) is 39.4 Å². The molecule has 0 aliphatic carbocycles. The number of rotatable bonds is 7. The van der Waals surface area contributed by atoms with Crippen molar-refractivity contribution in [3.63, 3.8) is 0 Å². The molecule has 0 saturated carbocycles. The van der Waals surface area contributed by atoms with Crippen LogP contribution in [0.4, 0.5) is 0 Å². The van der Waals surface area contributed by atoms with Gasteiger partial charge in [0.05, 0.1) is 6.10 Å². The number of hydrogen-bond acceptors (Lipinski definition) is 5. The topological polar surface area (TPSA) is 88.7 Å². The zero-order chi connectivity index (χ0) is 23.8. The molecule has 0 aromatic heterocycles. The van der Waals surface area contributed by atoms with E-state index >= 15 is 0 Å². The minimum Gasteiger partial charge on any atom is -0.491 e. The number of hydrogen-bond donors (Lipinski definition) is 3. The molecule has 3 rings (SSSR count). The summed E-state index contributed by atoms with van der Waals surface area (Å²) in [5.74, 6) is 0.422. The van der Waals surface area contributed by atoms with Gasteiger partial charge >= 0.3 is 0 Å². The molecule has 3 aromatic carbocycles. The van der Waals surface area contributed by atoms with Gasteiger partial charge in [-0.1, -0.05) is 37.3 Å². The molecule has 8 heteroatoms. The maximum Gasteiger partial charge on any atom is 0.279 e. The first kappa shape index (κ1) is 24.0. The van der Waals surface area contributed by atoms with Gasteiger partial charge in [0.2, 0.25) is 0 Å². The predicted octanol–water partition coefficient (Wildman–Crippen LogP) is 4.12. The Hall–Kier alpha value is -3.65. The number of amides is 2. The molecule has 2 atom stereocenters. The first-order chi connectivity index (χ1) is 15.9. The molecule has 3 aromatic rings. The Balaban J connectivity index is 1.46. The van der Waals surface area contributed by atoms with E-state index in [0.717, 1.165) is 17.2 Å². The lowest BCUT2D eigenvalue weighted by molar-refractivity contribution is -0.127. The zero-order valence-electron chi connectivity index (χ0n) is 18.8. The van der Waals surface area contributed by atoms with E-state index < -0.39 is 17.9 Å². The molecule has 0 bridgehead atoms. The Kier molecular flexibility index (Phi) is 8.21. The molecule has 2 unspecified atom stereocenters. The van der Waals surface area contributed by atoms with Crippen LogP contribution in [0.25, 0.3) is 10.8 Å². The third-order valence-electron chi connectivity index (χ3n) is 4.96. The molecule has 3 N–H and O–H groups in total. The van der Waals surface area contributed by atoms with Crippen LogP contribution in [0, 0.1) is 0 Å². The van der Waals surface area contributed by atoms with Gasteiger partial charge in [-0.15, -0.1) is 0 Å². The molecule has 0 fully saturated rings. The van der Waals surface area contributed by atoms with Crippen molar-refractivity contribution in [3.8, 4) is 11.5 Å². The number of thiocarbonyl (C=S) groups is 1. The van der Waals surface area contributed by atoms with E-state index in [1.165, 1.54) is 0 Å². The summed E-state index contributed by atoms with van der Waals surface area (Å²) in [5.41, 5.74) is 5.38. The van der Waals surface area contributed by atoms with Crippen molar-refractivity contribution in [1.82, 2.24) is 16.2 Å². The summed E-state index contributed by atoms with van der Waals surface area (Å²) >= 11 is 5.09. The molecular formula is C25H27N3O4S. The lowest BCUT2D eigenvalue weighted by Crippen LogP contribution is -2.51. The minimum absolute atomic E-state index is 0.0359. The van der Waals surface area contributed by atoms with E-state index in [2.05, 4.69) is 16.2 Å². The van der Waals surface area contributed by atoms with Crippen molar-refractivity contribution < 1.29 is 19.1 Å². The maximum atomic E-state index is 12.4. The lowest BCUT2D eigenvalue weighted by Gasteiger charge is -2.16. The molecule has 0 saturated heterocycles. The molecule has 2 amide bonds. The highest BCUT2D eigenvalue weighted by Crippen LogP contribution is 2.21. The van der Waals surface area contributed by atoms with Gasteiger partial charge < -0.3 is 9.47 Å². The Bertz CT molecular complexity index is 1130. The monoisotopic (exact) mass is 465 g/mol. The fourth-order valence-electron chi connectivity index (χ4n) is 2.93. The van der Waals surface area contributed by atoms with E-state index in [9.17, 15) is 9.59 Å². The van der Waals surface area contributed by atoms with Gasteiger partial charge in [-0.3, -0.25) is 25.8 Å². The average molecular weight is 466 g/mol. The third kappa shape index (κ3) is 6.92. The molecule has 172 valence electrons. The number of benzene rings is 3. The van der Waals surface area contributed by atoms with E-state index in [-0.39, 0.29) is 11.2 Å². The van der Waals surface area contributed by atoms with Crippen molar-refractivity contribution in [3.05, 3.63) is 72.3 Å². The normalized spacial score (nSPS) is 12.3. The quantitative estimate of drug-likeness (QED) is 0.359. The van der Waals surface area contributed by atoms with E-state index in [4.69, 9.17) is 21.7 Å². The van der Waals surface area contributed by atoms with E-state index in [1.54, 1.807) is 31.2 Å². The van der Waals surface area contributed by atoms with Gasteiger partial charge in [-0.05, 0) is 79.7 Å². The first-order valence-corrected chi connectivity index (χ1v) is 11.1. The number of nitrogens with one attached hydrogen (secondary N) is 3. The Morgan fingerprint density at radius 3 is 2.24 bits per heavy atom. The SMILES string of the molecule is CCC(C)Oc1ccc(C(=O)NC(=S)NNC(=O)C(C)Oc2ccc3ccccc3c2)cc1. The standard InChI is InChI=1S/C25H27N3O4S/c1-4-16(2)31-21-12-10-19(11-13-21)24(30)26-25(33)28-27-23(29)17(3)32-22-14-9-18-7-5-6-8-20(18)15-22/h5-17H,4H2,1-3H3,(H,27,29)(H2,26,28,30,33). The first-order valence-electron chi connectivity index (χ1n) is 10.7. The van der Waals surface area contributed by atoms with Crippen LogP contribution in [0.15, 0.2) is 66.7 Å². The molecular weight excluding hydrogens is 438 g/mol. The molecule has 0 aliphatic rings. The van der Waals surface area contributed by atoms with E-state index in [1.807, 2.05) is 56.3 Å². The van der Waals surface area contributed by atoms with Gasteiger partial charge in [0.15, 0.2) is 11.2 Å². The minimum atomic E-state index is -0.782. The van der Waals surface area contributed by atoms with Crippen LogP contribution in [0.3, 0.4) is 0 Å². The third-order valence-corrected chi connectivity index (χ3v) is 5.16. The highest BCUT2D eigenvalue weighted by Gasteiger charge is 2.16. The van der Waals surface area contributed by atoms with Gasteiger partial charge in [-0.25, -0.2) is 0 Å². The van der Waals surface area contributed by atoms with Crippen LogP contribution in [0.1, 0.15) is 37.6 Å². The predicted molar refractivity (Wildman–Crippen MR) is 132 cm³/mol. The number of fused-ring (bicyclic) bond motifs is 1. The summed E-state index contributed by atoms with van der Waals surface area (Å²) < 4.78 is 11.4. The van der Waals surface area contributed by atoms with Crippen LogP contribution in [0.2, 0.25) is 0 Å². The Morgan fingerprint density at radius 1 is 0.879 bits per heavy atom. The fraction of sp³-hybridized carbons (Fsp3) is 0.240. The highest BCUT2D eigenvalue weighted by molar-refractivity contribution is 7.80. The number of ether oxygens (including phenoxy) is 2. The highest BCUT2D eigenvalue weighted by atomic mass is 32.1. The summed E-state index contributed by atoms with van der Waals surface area (Å²) in [6, 6.07) is 20.2. The fourth-order valence-corrected chi connectivity index (χ4v) is 3.07. The maximum absolute atomic E-state index is 12.4. The summed E-state index contributed by atoms with van der Waals surface area (Å²) in [5, 5.41) is 4.58. The second-order valence-corrected chi connectivity index (χ2v) is 7.94. The van der Waals surface area contributed by atoms with Crippen molar-refractivity contribution in [2.24, 2.45) is 0 Å². The second-order valence-electron chi connectivity index (χ2n) is 7.53. The summed E-state index contributed by atoms with van der Waals surface area (Å²) in [6.07, 6.45) is 0.202. The van der Waals surface area contributed by atoms with Crippen LogP contribution in [-0.2, 0) is 4.79 Å². The van der Waals surface area contributed by atoms with Crippen LogP contribution in [-0.4, -0.2) is 29.1 Å². The number of carbonyl (C=O) groups excluding carboxylic acids is 2. The Morgan fingerprint density at radius 2 is 1.55 bits per heavy atom. The van der Waals surface area contributed by atoms with Gasteiger partial charge in [-0.2, -0.15) is 0 Å². The Labute approximate surface area is 198 Å². The lowest BCUT2D eigenvalue weighted by atomic mass is 10.1. The molecule has 33 heavy (non-hydrogen) atoms. The molecule has 0 radical (unpaired) electrons. The zero-order valence-corrected chi connectivity index (χ0v) is 19.6. The molecule has 7 nitrogen and oxygen atoms in total. The summed E-state index contributed by atoms with van der Waals surface area (Å²) in [7, 11) is 0. The molecule has 0 heterocycles. The molecule has 0 spiro atoms. The number of hydrazine groups is 1.